The Labute approximate surface area is 171 Å². The Morgan fingerprint density at radius 1 is 1.10 bits per heavy atom. The second kappa shape index (κ2) is 7.74. The molecule has 4 rings (SSSR count). The van der Waals surface area contributed by atoms with Crippen molar-refractivity contribution in [2.75, 3.05) is 11.4 Å². The number of rotatable bonds is 4. The molecule has 1 aromatic heterocycles. The van der Waals surface area contributed by atoms with Gasteiger partial charge in [-0.05, 0) is 68.8 Å². The van der Waals surface area contributed by atoms with Crippen molar-refractivity contribution >= 4 is 28.4 Å². The molecule has 2 heterocycles. The van der Waals surface area contributed by atoms with Crippen LogP contribution in [-0.2, 0) is 17.8 Å². The number of hydrogen-bond acceptors (Lipinski definition) is 2. The number of para-hydroxylation sites is 1. The van der Waals surface area contributed by atoms with Crippen molar-refractivity contribution in [3.63, 3.8) is 0 Å². The molecule has 150 valence electrons. The van der Waals surface area contributed by atoms with Crippen LogP contribution in [0.5, 0.6) is 0 Å². The Bertz CT molecular complexity index is 1080. The van der Waals surface area contributed by atoms with Crippen LogP contribution in [-0.4, -0.2) is 29.0 Å². The fourth-order valence-electron chi connectivity index (χ4n) is 4.22. The van der Waals surface area contributed by atoms with Crippen molar-refractivity contribution < 1.29 is 9.59 Å². The predicted octanol–water partition coefficient (Wildman–Crippen LogP) is 4.07. The molecule has 2 amide bonds. The molecule has 1 aliphatic heterocycles. The molecular weight excluding hydrogens is 362 g/mol. The summed E-state index contributed by atoms with van der Waals surface area (Å²) in [5, 5.41) is 4.11. The number of benzene rings is 2. The summed E-state index contributed by atoms with van der Waals surface area (Å²) in [6.07, 6.45) is 1.67. The van der Waals surface area contributed by atoms with Gasteiger partial charge in [0.2, 0.25) is 5.91 Å². The van der Waals surface area contributed by atoms with Crippen LogP contribution in [0.1, 0.15) is 41.9 Å². The first-order valence-corrected chi connectivity index (χ1v) is 10.2. The summed E-state index contributed by atoms with van der Waals surface area (Å²) < 4.78 is 2.07. The van der Waals surface area contributed by atoms with Gasteiger partial charge in [-0.25, -0.2) is 0 Å². The highest BCUT2D eigenvalue weighted by atomic mass is 16.2. The van der Waals surface area contributed by atoms with Gasteiger partial charge in [-0.3, -0.25) is 9.59 Å². The minimum atomic E-state index is -0.0709. The largest absolute Gasteiger partial charge is 0.350 e. The van der Waals surface area contributed by atoms with Crippen molar-refractivity contribution in [3.05, 3.63) is 65.4 Å². The normalized spacial score (nSPS) is 13.6. The number of anilines is 1. The molecule has 5 heteroatoms. The first kappa shape index (κ1) is 19.2. The van der Waals surface area contributed by atoms with Crippen molar-refractivity contribution in [2.24, 2.45) is 0 Å². The van der Waals surface area contributed by atoms with E-state index in [0.717, 1.165) is 40.7 Å². The number of carbonyl (C=O) groups is 2. The summed E-state index contributed by atoms with van der Waals surface area (Å²) in [5.74, 6) is -0.0183. The fraction of sp³-hybridized carbons (Fsp3) is 0.333. The zero-order chi connectivity index (χ0) is 20.5. The average Bonchev–Trinajstić information content (AvgIpc) is 3.01. The van der Waals surface area contributed by atoms with E-state index in [9.17, 15) is 9.59 Å². The van der Waals surface area contributed by atoms with Crippen LogP contribution in [0.15, 0.2) is 48.5 Å². The number of nitrogens with one attached hydrogen (secondary N) is 1. The number of amides is 2. The van der Waals surface area contributed by atoms with E-state index in [2.05, 4.69) is 22.0 Å². The monoisotopic (exact) mass is 389 g/mol. The third-order valence-electron chi connectivity index (χ3n) is 5.53. The molecule has 1 N–H and O–H groups in total. The zero-order valence-electron chi connectivity index (χ0n) is 17.2. The van der Waals surface area contributed by atoms with E-state index in [1.807, 2.05) is 62.1 Å². The molecule has 2 aromatic carbocycles. The topological polar surface area (TPSA) is 54.3 Å². The van der Waals surface area contributed by atoms with Gasteiger partial charge in [0.25, 0.3) is 5.91 Å². The van der Waals surface area contributed by atoms with Gasteiger partial charge in [0.05, 0.1) is 0 Å². The van der Waals surface area contributed by atoms with Crippen molar-refractivity contribution in [1.82, 2.24) is 9.88 Å². The molecular formula is C24H27N3O2. The summed E-state index contributed by atoms with van der Waals surface area (Å²) in [7, 11) is 0. The lowest BCUT2D eigenvalue weighted by atomic mass is 9.95. The van der Waals surface area contributed by atoms with Gasteiger partial charge in [-0.15, -0.1) is 0 Å². The van der Waals surface area contributed by atoms with E-state index in [-0.39, 0.29) is 17.9 Å². The van der Waals surface area contributed by atoms with Crippen molar-refractivity contribution in [1.29, 1.82) is 0 Å². The van der Waals surface area contributed by atoms with Crippen LogP contribution >= 0.6 is 0 Å². The molecule has 0 saturated carbocycles. The first-order valence-electron chi connectivity index (χ1n) is 10.2. The molecule has 5 nitrogen and oxygen atoms in total. The van der Waals surface area contributed by atoms with Crippen LogP contribution in [0.2, 0.25) is 0 Å². The van der Waals surface area contributed by atoms with Gasteiger partial charge in [0.1, 0.15) is 6.54 Å². The van der Waals surface area contributed by atoms with Crippen LogP contribution in [0.4, 0.5) is 5.69 Å². The maximum absolute atomic E-state index is 13.3. The number of fused-ring (bicyclic) bond motifs is 2. The van der Waals surface area contributed by atoms with Crippen molar-refractivity contribution in [2.45, 2.75) is 46.2 Å². The Morgan fingerprint density at radius 2 is 1.90 bits per heavy atom. The van der Waals surface area contributed by atoms with Gasteiger partial charge in [-0.1, -0.05) is 24.3 Å². The smallest absolute Gasteiger partial charge is 0.251 e. The van der Waals surface area contributed by atoms with Gasteiger partial charge in [0, 0.05) is 35.0 Å². The lowest BCUT2D eigenvalue weighted by molar-refractivity contribution is -0.119. The standard InChI is InChI=1S/C24H27N3O2/c1-16(2)25-24(29)20-9-6-12-22-19(20)10-7-13-26(22)23(28)15-27-17(3)14-18-8-4-5-11-21(18)27/h4-6,8-9,11-12,14,16H,7,10,13,15H2,1-3H3,(H,25,29). The van der Waals surface area contributed by atoms with Crippen LogP contribution in [0, 0.1) is 6.92 Å². The first-order chi connectivity index (χ1) is 14.0. The van der Waals surface area contributed by atoms with Gasteiger partial charge < -0.3 is 14.8 Å². The Kier molecular flexibility index (Phi) is 5.14. The summed E-state index contributed by atoms with van der Waals surface area (Å²) in [6, 6.07) is 16.0. The minimum absolute atomic E-state index is 0.0526. The highest BCUT2D eigenvalue weighted by Gasteiger charge is 2.26. The second-order valence-corrected chi connectivity index (χ2v) is 8.01. The molecule has 29 heavy (non-hydrogen) atoms. The molecule has 3 aromatic rings. The molecule has 0 fully saturated rings. The lowest BCUT2D eigenvalue weighted by Gasteiger charge is -2.31. The maximum Gasteiger partial charge on any atom is 0.251 e. The predicted molar refractivity (Wildman–Crippen MR) is 116 cm³/mol. The summed E-state index contributed by atoms with van der Waals surface area (Å²) in [4.78, 5) is 27.8. The Hall–Kier alpha value is -3.08. The van der Waals surface area contributed by atoms with E-state index < -0.39 is 0 Å². The minimum Gasteiger partial charge on any atom is -0.350 e. The van der Waals surface area contributed by atoms with E-state index >= 15 is 0 Å². The summed E-state index contributed by atoms with van der Waals surface area (Å²) >= 11 is 0. The van der Waals surface area contributed by atoms with Crippen LogP contribution < -0.4 is 10.2 Å². The quantitative estimate of drug-likeness (QED) is 0.731. The van der Waals surface area contributed by atoms with Gasteiger partial charge >= 0.3 is 0 Å². The number of nitrogens with zero attached hydrogens (tertiary/aromatic N) is 2. The van der Waals surface area contributed by atoms with Gasteiger partial charge in [0.15, 0.2) is 0 Å². The maximum atomic E-state index is 13.3. The number of carbonyl (C=O) groups excluding carboxylic acids is 2. The second-order valence-electron chi connectivity index (χ2n) is 8.01. The molecule has 0 unspecified atom stereocenters. The van der Waals surface area contributed by atoms with Gasteiger partial charge in [-0.2, -0.15) is 0 Å². The molecule has 0 bridgehead atoms. The number of aromatic nitrogens is 1. The molecule has 0 atom stereocenters. The Balaban J connectivity index is 1.65. The number of hydrogen-bond donors (Lipinski definition) is 1. The molecule has 0 spiro atoms. The summed E-state index contributed by atoms with van der Waals surface area (Å²) in [5.41, 5.74) is 4.66. The fourth-order valence-corrected chi connectivity index (χ4v) is 4.22. The molecule has 0 radical (unpaired) electrons. The van der Waals surface area contributed by atoms with E-state index in [1.165, 1.54) is 0 Å². The molecule has 0 saturated heterocycles. The lowest BCUT2D eigenvalue weighted by Crippen LogP contribution is -2.39. The van der Waals surface area contributed by atoms with E-state index in [0.29, 0.717) is 18.7 Å². The SMILES string of the molecule is Cc1cc2ccccc2n1CC(=O)N1CCCc2c(C(=O)NC(C)C)cccc21. The third kappa shape index (κ3) is 3.65. The average molecular weight is 389 g/mol. The highest BCUT2D eigenvalue weighted by Crippen LogP contribution is 2.31. The third-order valence-corrected chi connectivity index (χ3v) is 5.53. The van der Waals surface area contributed by atoms with Crippen LogP contribution in [0.3, 0.4) is 0 Å². The summed E-state index contributed by atoms with van der Waals surface area (Å²) in [6.45, 7) is 6.91. The van der Waals surface area contributed by atoms with Crippen LogP contribution in [0.25, 0.3) is 10.9 Å². The molecule has 0 aliphatic carbocycles. The number of aryl methyl sites for hydroxylation is 1. The molecule has 1 aliphatic rings. The Morgan fingerprint density at radius 3 is 2.69 bits per heavy atom. The van der Waals surface area contributed by atoms with Crippen molar-refractivity contribution in [3.8, 4) is 0 Å². The zero-order valence-corrected chi connectivity index (χ0v) is 17.2. The highest BCUT2D eigenvalue weighted by molar-refractivity contribution is 6.01. The van der Waals surface area contributed by atoms with E-state index in [4.69, 9.17) is 0 Å². The van der Waals surface area contributed by atoms with E-state index in [1.54, 1.807) is 0 Å².